The zero-order valence-corrected chi connectivity index (χ0v) is 12.9. The second-order valence-corrected chi connectivity index (χ2v) is 5.25. The summed E-state index contributed by atoms with van der Waals surface area (Å²) in [6.45, 7) is 0. The molecule has 0 amide bonds. The van der Waals surface area contributed by atoms with Crippen molar-refractivity contribution in [2.45, 2.75) is 24.7 Å². The average Bonchev–Trinajstić information content (AvgIpc) is 2.47. The molecule has 0 saturated heterocycles. The van der Waals surface area contributed by atoms with E-state index in [9.17, 15) is 0 Å². The van der Waals surface area contributed by atoms with E-state index in [1.54, 1.807) is 0 Å². The summed E-state index contributed by atoms with van der Waals surface area (Å²) in [6, 6.07) is 21.8. The third-order valence-electron chi connectivity index (χ3n) is 3.68. The molecule has 1 fully saturated rings. The lowest BCUT2D eigenvalue weighted by Crippen LogP contribution is -2.19. The molecule has 0 radical (unpaired) electrons. The van der Waals surface area contributed by atoms with Crippen molar-refractivity contribution in [2.24, 2.45) is 0 Å². The van der Waals surface area contributed by atoms with E-state index >= 15 is 0 Å². The molecule has 0 bridgehead atoms. The minimum absolute atomic E-state index is 0.784. The Morgan fingerprint density at radius 3 is 1.12 bits per heavy atom. The quantitative estimate of drug-likeness (QED) is 0.628. The Kier molecular flexibility index (Phi) is 7.84. The Morgan fingerprint density at radius 1 is 0.625 bits per heavy atom. The van der Waals surface area contributed by atoms with Crippen LogP contribution in [0.4, 0.5) is 9.59 Å². The third-order valence-corrected chi connectivity index (χ3v) is 3.68. The fraction of sp³-hybridized carbons (Fsp3) is 0.222. The van der Waals surface area contributed by atoms with Crippen molar-refractivity contribution in [1.82, 2.24) is 0 Å². The van der Waals surface area contributed by atoms with Crippen molar-refractivity contribution in [3.63, 3.8) is 0 Å². The van der Waals surface area contributed by atoms with Gasteiger partial charge in [-0.15, -0.1) is 0 Å². The van der Waals surface area contributed by atoms with Crippen LogP contribution < -0.4 is 0 Å². The Bertz CT molecular complexity index is 557. The monoisotopic (exact) mass is 332 g/mol. The van der Waals surface area contributed by atoms with Gasteiger partial charge >= 0.3 is 12.3 Å². The summed E-state index contributed by atoms with van der Waals surface area (Å²) in [4.78, 5) is 17.1. The van der Waals surface area contributed by atoms with Crippen molar-refractivity contribution in [2.75, 3.05) is 0 Å². The van der Waals surface area contributed by atoms with Gasteiger partial charge in [-0.25, -0.2) is 9.59 Å². The number of rotatable bonds is 2. The van der Waals surface area contributed by atoms with Crippen LogP contribution in [0.2, 0.25) is 0 Å². The highest BCUT2D eigenvalue weighted by atomic mass is 16.6. The van der Waals surface area contributed by atoms with E-state index in [2.05, 4.69) is 60.7 Å². The standard InChI is InChI=1S/C16H16.2CH2O3/c1-3-7-13(8-4-1)15-11-16(12-15)14-9-5-2-6-10-14;2*2-1(3)4/h1-10,15-16H,11-12H2;2*(H2,2,3,4). The van der Waals surface area contributed by atoms with Gasteiger partial charge in [-0.05, 0) is 35.8 Å². The SMILES string of the molecule is O=C(O)O.O=C(O)O.c1ccc(C2CC(c3ccccc3)C2)cc1. The number of hydrogen-bond donors (Lipinski definition) is 4. The summed E-state index contributed by atoms with van der Waals surface area (Å²) in [5.74, 6) is 1.57. The van der Waals surface area contributed by atoms with Crippen molar-refractivity contribution < 1.29 is 30.0 Å². The molecule has 24 heavy (non-hydrogen) atoms. The average molecular weight is 332 g/mol. The van der Waals surface area contributed by atoms with Gasteiger partial charge in [0, 0.05) is 0 Å². The van der Waals surface area contributed by atoms with Crippen LogP contribution in [0.3, 0.4) is 0 Å². The van der Waals surface area contributed by atoms with Gasteiger partial charge < -0.3 is 20.4 Å². The molecule has 0 spiro atoms. The second-order valence-electron chi connectivity index (χ2n) is 5.25. The number of carbonyl (C=O) groups is 2. The van der Waals surface area contributed by atoms with Gasteiger partial charge in [-0.3, -0.25) is 0 Å². The molecule has 3 rings (SSSR count). The minimum Gasteiger partial charge on any atom is -0.450 e. The van der Waals surface area contributed by atoms with Gasteiger partial charge in [0.1, 0.15) is 0 Å². The van der Waals surface area contributed by atoms with Crippen LogP contribution in [0, 0.1) is 0 Å². The number of carboxylic acid groups (broad SMARTS) is 4. The Hall–Kier alpha value is -3.02. The van der Waals surface area contributed by atoms with Crippen molar-refractivity contribution in [1.29, 1.82) is 0 Å². The molecule has 128 valence electrons. The van der Waals surface area contributed by atoms with E-state index in [1.165, 1.54) is 24.0 Å². The summed E-state index contributed by atoms with van der Waals surface area (Å²) < 4.78 is 0. The van der Waals surface area contributed by atoms with Crippen LogP contribution in [0.5, 0.6) is 0 Å². The van der Waals surface area contributed by atoms with Crippen molar-refractivity contribution in [3.05, 3.63) is 71.8 Å². The van der Waals surface area contributed by atoms with E-state index in [-0.39, 0.29) is 0 Å². The molecule has 2 aromatic rings. The first-order valence-corrected chi connectivity index (χ1v) is 7.33. The van der Waals surface area contributed by atoms with Crippen LogP contribution in [0.1, 0.15) is 35.8 Å². The molecule has 4 N–H and O–H groups in total. The van der Waals surface area contributed by atoms with Gasteiger partial charge in [-0.2, -0.15) is 0 Å². The molecule has 0 atom stereocenters. The molecule has 0 unspecified atom stereocenters. The Labute approximate surface area is 139 Å². The maximum Gasteiger partial charge on any atom is 0.503 e. The third kappa shape index (κ3) is 7.31. The van der Waals surface area contributed by atoms with E-state index in [0.717, 1.165) is 11.8 Å². The van der Waals surface area contributed by atoms with Gasteiger partial charge in [0.15, 0.2) is 0 Å². The molecule has 0 aromatic heterocycles. The smallest absolute Gasteiger partial charge is 0.450 e. The highest BCUT2D eigenvalue weighted by Gasteiger charge is 2.30. The fourth-order valence-electron chi connectivity index (χ4n) is 2.61. The van der Waals surface area contributed by atoms with Crippen molar-refractivity contribution >= 4 is 12.3 Å². The summed E-state index contributed by atoms with van der Waals surface area (Å²) in [7, 11) is 0. The van der Waals surface area contributed by atoms with E-state index in [1.807, 2.05) is 0 Å². The first-order valence-electron chi connectivity index (χ1n) is 7.33. The van der Waals surface area contributed by atoms with Crippen LogP contribution in [-0.4, -0.2) is 32.7 Å². The molecule has 0 aliphatic heterocycles. The lowest BCUT2D eigenvalue weighted by molar-refractivity contribution is 0.135. The predicted molar refractivity (Wildman–Crippen MR) is 88.9 cm³/mol. The molecular weight excluding hydrogens is 312 g/mol. The second kappa shape index (κ2) is 9.89. The summed E-state index contributed by atoms with van der Waals surface area (Å²) >= 11 is 0. The lowest BCUT2D eigenvalue weighted by Gasteiger charge is -2.36. The topological polar surface area (TPSA) is 115 Å². The largest absolute Gasteiger partial charge is 0.503 e. The lowest BCUT2D eigenvalue weighted by atomic mass is 9.69. The van der Waals surface area contributed by atoms with Gasteiger partial charge in [-0.1, -0.05) is 60.7 Å². The van der Waals surface area contributed by atoms with Gasteiger partial charge in [0.2, 0.25) is 0 Å². The van der Waals surface area contributed by atoms with Crippen molar-refractivity contribution in [3.8, 4) is 0 Å². The number of hydrogen-bond acceptors (Lipinski definition) is 2. The van der Waals surface area contributed by atoms with Crippen LogP contribution in [-0.2, 0) is 0 Å². The van der Waals surface area contributed by atoms with E-state index in [0.29, 0.717) is 0 Å². The zero-order chi connectivity index (χ0) is 17.9. The Morgan fingerprint density at radius 2 is 0.875 bits per heavy atom. The Balaban J connectivity index is 0.000000306. The highest BCUT2D eigenvalue weighted by Crippen LogP contribution is 2.47. The molecule has 2 aromatic carbocycles. The minimum atomic E-state index is -1.83. The number of benzene rings is 2. The molecule has 0 heterocycles. The summed E-state index contributed by atoms with van der Waals surface area (Å²) in [5.41, 5.74) is 3.02. The maximum absolute atomic E-state index is 8.56. The first kappa shape index (κ1) is 19.0. The molecular formula is C18H20O6. The maximum atomic E-state index is 8.56. The van der Waals surface area contributed by atoms with Crippen LogP contribution in [0.15, 0.2) is 60.7 Å². The zero-order valence-electron chi connectivity index (χ0n) is 12.9. The summed E-state index contributed by atoms with van der Waals surface area (Å²) in [6.07, 6.45) is -1.04. The predicted octanol–water partition coefficient (Wildman–Crippen LogP) is 4.79. The summed E-state index contributed by atoms with van der Waals surface area (Å²) in [5, 5.41) is 27.9. The van der Waals surface area contributed by atoms with Crippen LogP contribution >= 0.6 is 0 Å². The molecule has 1 saturated carbocycles. The van der Waals surface area contributed by atoms with Gasteiger partial charge in [0.25, 0.3) is 0 Å². The molecule has 6 nitrogen and oxygen atoms in total. The van der Waals surface area contributed by atoms with E-state index < -0.39 is 12.3 Å². The fourth-order valence-corrected chi connectivity index (χ4v) is 2.61. The molecule has 6 heteroatoms. The van der Waals surface area contributed by atoms with E-state index in [4.69, 9.17) is 30.0 Å². The molecule has 1 aliphatic rings. The highest BCUT2D eigenvalue weighted by molar-refractivity contribution is 5.53. The van der Waals surface area contributed by atoms with Gasteiger partial charge in [0.05, 0.1) is 0 Å². The molecule has 1 aliphatic carbocycles. The van der Waals surface area contributed by atoms with Crippen LogP contribution in [0.25, 0.3) is 0 Å². The first-order chi connectivity index (χ1) is 11.4. The normalized spacial score (nSPS) is 17.8.